The average molecular weight is 160 g/mol. The van der Waals surface area contributed by atoms with Crippen LogP contribution < -0.4 is 0 Å². The zero-order valence-electron chi connectivity index (χ0n) is 6.02. The molecule has 0 aromatic carbocycles. The number of aliphatic imine (C=N–C) groups is 2. The first-order valence-corrected chi connectivity index (χ1v) is 3.37. The largest absolute Gasteiger partial charge is 0.270 e. The fourth-order valence-electron chi connectivity index (χ4n) is 0.972. The van der Waals surface area contributed by atoms with Crippen LogP contribution in [0.15, 0.2) is 34.3 Å². The number of amides is 2. The lowest BCUT2D eigenvalue weighted by Crippen LogP contribution is -2.20. The fourth-order valence-corrected chi connectivity index (χ4v) is 0.972. The van der Waals surface area contributed by atoms with Crippen molar-refractivity contribution in [3.63, 3.8) is 0 Å². The second-order valence-corrected chi connectivity index (χ2v) is 2.34. The minimum absolute atomic E-state index is 0.317. The number of nitrogens with zero attached hydrogens (tertiary/aromatic N) is 2. The predicted molar refractivity (Wildman–Crippen MR) is 43.2 cm³/mol. The van der Waals surface area contributed by atoms with Crippen molar-refractivity contribution < 1.29 is 9.59 Å². The van der Waals surface area contributed by atoms with E-state index in [2.05, 4.69) is 9.98 Å². The van der Waals surface area contributed by atoms with Gasteiger partial charge in [0.05, 0.1) is 11.4 Å². The Morgan fingerprint density at radius 1 is 0.750 bits per heavy atom. The highest BCUT2D eigenvalue weighted by Crippen LogP contribution is 2.04. The lowest BCUT2D eigenvalue weighted by atomic mass is 10.1. The molecular weight excluding hydrogens is 156 g/mol. The number of fused-ring (bicyclic) bond motifs is 1. The molecule has 4 heteroatoms. The smallest absolute Gasteiger partial charge is 0.267 e. The Balaban J connectivity index is 2.48. The Morgan fingerprint density at radius 3 is 1.58 bits per heavy atom. The van der Waals surface area contributed by atoms with E-state index >= 15 is 0 Å². The molecule has 0 fully saturated rings. The standard InChI is InChI=1S/C8H4N2O2/c11-7-3-1-5-6(10-7)2-4-8(12)9-5/h1-4H. The van der Waals surface area contributed by atoms with Crippen molar-refractivity contribution in [2.45, 2.75) is 0 Å². The Morgan fingerprint density at radius 2 is 1.17 bits per heavy atom. The van der Waals surface area contributed by atoms with E-state index in [0.717, 1.165) is 0 Å². The van der Waals surface area contributed by atoms with Crippen LogP contribution >= 0.6 is 0 Å². The number of dihydropyridines is 2. The summed E-state index contributed by atoms with van der Waals surface area (Å²) in [5.74, 6) is -0.633. The van der Waals surface area contributed by atoms with E-state index in [1.807, 2.05) is 0 Å². The van der Waals surface area contributed by atoms with Gasteiger partial charge in [0.15, 0.2) is 0 Å². The molecular formula is C8H4N2O2. The van der Waals surface area contributed by atoms with Crippen LogP contribution in [0.5, 0.6) is 0 Å². The molecule has 0 aromatic rings. The summed E-state index contributed by atoms with van der Waals surface area (Å²) in [6.07, 6.45) is 5.56. The molecule has 4 nitrogen and oxygen atoms in total. The van der Waals surface area contributed by atoms with E-state index in [9.17, 15) is 9.59 Å². The normalized spacial score (nSPS) is 20.3. The molecule has 0 atom stereocenters. The first kappa shape index (κ1) is 6.84. The van der Waals surface area contributed by atoms with Crippen molar-refractivity contribution in [3.8, 4) is 0 Å². The maximum Gasteiger partial charge on any atom is 0.270 e. The molecule has 0 aliphatic carbocycles. The maximum atomic E-state index is 10.8. The van der Waals surface area contributed by atoms with Gasteiger partial charge in [0.2, 0.25) is 0 Å². The van der Waals surface area contributed by atoms with Crippen LogP contribution in [0, 0.1) is 0 Å². The van der Waals surface area contributed by atoms with Crippen LogP contribution in [0.25, 0.3) is 0 Å². The van der Waals surface area contributed by atoms with Gasteiger partial charge in [0.25, 0.3) is 11.8 Å². The SMILES string of the molecule is O=C1C=CC2=NC(=O)C=CC2=N1. The Bertz CT molecular complexity index is 348. The van der Waals surface area contributed by atoms with Crippen molar-refractivity contribution in [2.24, 2.45) is 9.98 Å². The summed E-state index contributed by atoms with van der Waals surface area (Å²) in [6, 6.07) is 0. The molecule has 0 radical (unpaired) electrons. The van der Waals surface area contributed by atoms with E-state index < -0.39 is 0 Å². The zero-order chi connectivity index (χ0) is 8.55. The minimum atomic E-state index is -0.317. The average Bonchev–Trinajstić information content (AvgIpc) is 2.05. The highest BCUT2D eigenvalue weighted by molar-refractivity contribution is 6.55. The van der Waals surface area contributed by atoms with Crippen molar-refractivity contribution >= 4 is 23.2 Å². The molecule has 0 saturated heterocycles. The second-order valence-electron chi connectivity index (χ2n) is 2.34. The van der Waals surface area contributed by atoms with Crippen LogP contribution in [0.2, 0.25) is 0 Å². The van der Waals surface area contributed by atoms with Gasteiger partial charge in [0.1, 0.15) is 0 Å². The van der Waals surface area contributed by atoms with E-state index in [4.69, 9.17) is 0 Å². The number of allylic oxidation sites excluding steroid dienone is 2. The van der Waals surface area contributed by atoms with E-state index in [-0.39, 0.29) is 11.8 Å². The second kappa shape index (κ2) is 2.34. The highest BCUT2D eigenvalue weighted by atomic mass is 16.1. The van der Waals surface area contributed by atoms with Crippen molar-refractivity contribution in [1.29, 1.82) is 0 Å². The Kier molecular flexibility index (Phi) is 1.33. The van der Waals surface area contributed by atoms with Crippen LogP contribution in [0.3, 0.4) is 0 Å². The van der Waals surface area contributed by atoms with Crippen molar-refractivity contribution in [3.05, 3.63) is 24.3 Å². The third-order valence-corrected chi connectivity index (χ3v) is 1.49. The molecule has 0 spiro atoms. The number of rotatable bonds is 0. The summed E-state index contributed by atoms with van der Waals surface area (Å²) in [5.41, 5.74) is 0.921. The van der Waals surface area contributed by atoms with Gasteiger partial charge in [0, 0.05) is 12.2 Å². The number of hydrogen-bond acceptors (Lipinski definition) is 2. The molecule has 0 saturated carbocycles. The zero-order valence-corrected chi connectivity index (χ0v) is 6.02. The summed E-state index contributed by atoms with van der Waals surface area (Å²) in [7, 11) is 0. The van der Waals surface area contributed by atoms with Gasteiger partial charge in [-0.15, -0.1) is 0 Å². The third kappa shape index (κ3) is 1.03. The first-order chi connectivity index (χ1) is 5.75. The molecule has 2 rings (SSSR count). The number of hydrogen-bond donors (Lipinski definition) is 0. The summed E-state index contributed by atoms with van der Waals surface area (Å²) in [4.78, 5) is 28.8. The molecule has 58 valence electrons. The molecule has 0 N–H and O–H groups in total. The van der Waals surface area contributed by atoms with Crippen molar-refractivity contribution in [2.75, 3.05) is 0 Å². The summed E-state index contributed by atoms with van der Waals surface area (Å²) < 4.78 is 0. The van der Waals surface area contributed by atoms with Crippen LogP contribution in [-0.2, 0) is 9.59 Å². The van der Waals surface area contributed by atoms with Gasteiger partial charge < -0.3 is 0 Å². The van der Waals surface area contributed by atoms with Crippen LogP contribution in [0.4, 0.5) is 0 Å². The Hall–Kier alpha value is -1.84. The summed E-state index contributed by atoms with van der Waals surface area (Å²) >= 11 is 0. The van der Waals surface area contributed by atoms with Gasteiger partial charge in [-0.2, -0.15) is 0 Å². The molecule has 0 bridgehead atoms. The molecule has 0 aromatic heterocycles. The van der Waals surface area contributed by atoms with Crippen molar-refractivity contribution in [1.82, 2.24) is 0 Å². The predicted octanol–water partition coefficient (Wildman–Crippen LogP) is 0.0612. The minimum Gasteiger partial charge on any atom is -0.267 e. The number of carbonyl (C=O) groups is 2. The van der Waals surface area contributed by atoms with Crippen LogP contribution in [-0.4, -0.2) is 23.2 Å². The third-order valence-electron chi connectivity index (χ3n) is 1.49. The molecule has 2 heterocycles. The van der Waals surface area contributed by atoms with Gasteiger partial charge >= 0.3 is 0 Å². The van der Waals surface area contributed by atoms with Crippen LogP contribution in [0.1, 0.15) is 0 Å². The van der Waals surface area contributed by atoms with Gasteiger partial charge in [-0.1, -0.05) is 0 Å². The van der Waals surface area contributed by atoms with Gasteiger partial charge in [-0.25, -0.2) is 9.98 Å². The quantitative estimate of drug-likeness (QED) is 0.503. The molecule has 2 aliphatic rings. The number of carbonyl (C=O) groups excluding carboxylic acids is 2. The highest BCUT2D eigenvalue weighted by Gasteiger charge is 2.15. The molecule has 2 amide bonds. The fraction of sp³-hybridized carbons (Fsp3) is 0. The van der Waals surface area contributed by atoms with E-state index in [1.54, 1.807) is 0 Å². The maximum absolute atomic E-state index is 10.8. The van der Waals surface area contributed by atoms with E-state index in [0.29, 0.717) is 11.4 Å². The molecule has 12 heavy (non-hydrogen) atoms. The topological polar surface area (TPSA) is 58.9 Å². The summed E-state index contributed by atoms with van der Waals surface area (Å²) in [5, 5.41) is 0. The lowest BCUT2D eigenvalue weighted by Gasteiger charge is -2.07. The lowest BCUT2D eigenvalue weighted by molar-refractivity contribution is -0.114. The molecule has 0 unspecified atom stereocenters. The van der Waals surface area contributed by atoms with E-state index in [1.165, 1.54) is 24.3 Å². The van der Waals surface area contributed by atoms with Gasteiger partial charge in [-0.05, 0) is 12.2 Å². The first-order valence-electron chi connectivity index (χ1n) is 3.37. The Labute approximate surface area is 68.0 Å². The summed E-state index contributed by atoms with van der Waals surface area (Å²) in [6.45, 7) is 0. The monoisotopic (exact) mass is 160 g/mol. The van der Waals surface area contributed by atoms with Gasteiger partial charge in [-0.3, -0.25) is 9.59 Å². The molecule has 2 aliphatic heterocycles.